The molecule has 1 amide bonds. The SMILES string of the molecule is CCC1CCCCCN1Cc1ccc(C(=O)NN)s1. The lowest BCUT2D eigenvalue weighted by atomic mass is 10.1. The number of carbonyl (C=O) groups is 1. The highest BCUT2D eigenvalue weighted by molar-refractivity contribution is 7.14. The van der Waals surface area contributed by atoms with E-state index in [1.165, 1.54) is 43.5 Å². The van der Waals surface area contributed by atoms with Crippen LogP contribution in [0.3, 0.4) is 0 Å². The molecule has 1 aromatic heterocycles. The molecule has 1 atom stereocenters. The van der Waals surface area contributed by atoms with Gasteiger partial charge in [0.15, 0.2) is 0 Å². The lowest BCUT2D eigenvalue weighted by Crippen LogP contribution is -2.33. The largest absolute Gasteiger partial charge is 0.295 e. The maximum Gasteiger partial charge on any atom is 0.275 e. The van der Waals surface area contributed by atoms with E-state index >= 15 is 0 Å². The molecule has 19 heavy (non-hydrogen) atoms. The Balaban J connectivity index is 2.02. The van der Waals surface area contributed by atoms with Crippen molar-refractivity contribution in [3.63, 3.8) is 0 Å². The van der Waals surface area contributed by atoms with Crippen molar-refractivity contribution in [2.45, 2.75) is 51.6 Å². The van der Waals surface area contributed by atoms with E-state index in [1.54, 1.807) is 11.3 Å². The first kappa shape index (κ1) is 14.5. The molecule has 2 heterocycles. The van der Waals surface area contributed by atoms with E-state index in [0.29, 0.717) is 10.9 Å². The Bertz CT molecular complexity index is 419. The first-order valence-electron chi connectivity index (χ1n) is 7.08. The Morgan fingerprint density at radius 2 is 2.32 bits per heavy atom. The molecule has 106 valence electrons. The Kier molecular flexibility index (Phi) is 5.36. The zero-order valence-corrected chi connectivity index (χ0v) is 12.3. The summed E-state index contributed by atoms with van der Waals surface area (Å²) in [7, 11) is 0. The van der Waals surface area contributed by atoms with Crippen LogP contribution in [0.25, 0.3) is 0 Å². The Hall–Kier alpha value is -0.910. The number of thiophene rings is 1. The number of carbonyl (C=O) groups excluding carboxylic acids is 1. The van der Waals surface area contributed by atoms with E-state index in [-0.39, 0.29) is 5.91 Å². The Morgan fingerprint density at radius 3 is 3.05 bits per heavy atom. The van der Waals surface area contributed by atoms with E-state index in [2.05, 4.69) is 17.2 Å². The van der Waals surface area contributed by atoms with Gasteiger partial charge in [-0.15, -0.1) is 11.3 Å². The molecule has 2 rings (SSSR count). The van der Waals surface area contributed by atoms with Crippen LogP contribution in [0, 0.1) is 0 Å². The maximum absolute atomic E-state index is 11.5. The molecule has 0 bridgehead atoms. The molecular formula is C14H23N3OS. The smallest absolute Gasteiger partial charge is 0.275 e. The van der Waals surface area contributed by atoms with Gasteiger partial charge in [-0.25, -0.2) is 5.84 Å². The van der Waals surface area contributed by atoms with Crippen molar-refractivity contribution >= 4 is 17.2 Å². The number of amides is 1. The lowest BCUT2D eigenvalue weighted by Gasteiger charge is -2.28. The van der Waals surface area contributed by atoms with Crippen LogP contribution in [0.2, 0.25) is 0 Å². The molecule has 1 fully saturated rings. The minimum absolute atomic E-state index is 0.195. The van der Waals surface area contributed by atoms with Gasteiger partial charge >= 0.3 is 0 Å². The second kappa shape index (κ2) is 7.03. The van der Waals surface area contributed by atoms with Crippen LogP contribution < -0.4 is 11.3 Å². The molecule has 3 N–H and O–H groups in total. The average molecular weight is 281 g/mol. The Morgan fingerprint density at radius 1 is 1.47 bits per heavy atom. The fourth-order valence-electron chi connectivity index (χ4n) is 2.76. The molecule has 1 aromatic rings. The molecule has 0 aliphatic carbocycles. The number of nitrogens with one attached hydrogen (secondary N) is 1. The number of nitrogen functional groups attached to an aromatic ring is 1. The molecule has 1 unspecified atom stereocenters. The van der Waals surface area contributed by atoms with Crippen molar-refractivity contribution in [1.82, 2.24) is 10.3 Å². The van der Waals surface area contributed by atoms with Crippen molar-refractivity contribution in [2.24, 2.45) is 5.84 Å². The lowest BCUT2D eigenvalue weighted by molar-refractivity contribution is 0.0957. The van der Waals surface area contributed by atoms with E-state index in [9.17, 15) is 4.79 Å². The molecule has 0 radical (unpaired) electrons. The van der Waals surface area contributed by atoms with Crippen LogP contribution in [0.15, 0.2) is 12.1 Å². The van der Waals surface area contributed by atoms with E-state index in [4.69, 9.17) is 5.84 Å². The van der Waals surface area contributed by atoms with Gasteiger partial charge in [0.25, 0.3) is 5.91 Å². The number of hydrazine groups is 1. The summed E-state index contributed by atoms with van der Waals surface area (Å²) < 4.78 is 0. The number of rotatable bonds is 4. The minimum atomic E-state index is -0.195. The highest BCUT2D eigenvalue weighted by Crippen LogP contribution is 2.24. The monoisotopic (exact) mass is 281 g/mol. The maximum atomic E-state index is 11.5. The summed E-state index contributed by atoms with van der Waals surface area (Å²) in [5, 5.41) is 0. The third-order valence-corrected chi connectivity index (χ3v) is 4.91. The summed E-state index contributed by atoms with van der Waals surface area (Å²) in [5.41, 5.74) is 2.19. The summed E-state index contributed by atoms with van der Waals surface area (Å²) in [6, 6.07) is 4.60. The number of nitrogens with zero attached hydrogens (tertiary/aromatic N) is 1. The predicted octanol–water partition coefficient (Wildman–Crippen LogP) is 2.51. The number of likely N-dealkylation sites (tertiary alicyclic amines) is 1. The van der Waals surface area contributed by atoms with E-state index in [0.717, 1.165) is 6.54 Å². The second-order valence-corrected chi connectivity index (χ2v) is 6.29. The van der Waals surface area contributed by atoms with Gasteiger partial charge < -0.3 is 0 Å². The zero-order valence-electron chi connectivity index (χ0n) is 11.5. The molecule has 0 aromatic carbocycles. The van der Waals surface area contributed by atoms with Crippen LogP contribution in [0.5, 0.6) is 0 Å². The predicted molar refractivity (Wildman–Crippen MR) is 78.9 cm³/mol. The average Bonchev–Trinajstić information content (AvgIpc) is 2.77. The molecule has 5 heteroatoms. The molecule has 1 aliphatic rings. The molecule has 1 aliphatic heterocycles. The molecular weight excluding hydrogens is 258 g/mol. The summed E-state index contributed by atoms with van der Waals surface area (Å²) >= 11 is 1.54. The minimum Gasteiger partial charge on any atom is -0.295 e. The second-order valence-electron chi connectivity index (χ2n) is 5.12. The van der Waals surface area contributed by atoms with Gasteiger partial charge in [-0.3, -0.25) is 15.1 Å². The van der Waals surface area contributed by atoms with Crippen molar-refractivity contribution in [1.29, 1.82) is 0 Å². The summed E-state index contributed by atoms with van der Waals surface area (Å²) in [5.74, 6) is 4.96. The van der Waals surface area contributed by atoms with Crippen LogP contribution >= 0.6 is 11.3 Å². The molecule has 1 saturated heterocycles. The van der Waals surface area contributed by atoms with Crippen molar-refractivity contribution < 1.29 is 4.79 Å². The van der Waals surface area contributed by atoms with Crippen molar-refractivity contribution in [3.05, 3.63) is 21.9 Å². The van der Waals surface area contributed by atoms with Gasteiger partial charge in [-0.2, -0.15) is 0 Å². The third-order valence-electron chi connectivity index (χ3n) is 3.85. The van der Waals surface area contributed by atoms with Crippen LogP contribution in [-0.2, 0) is 6.54 Å². The number of nitrogens with two attached hydrogens (primary N) is 1. The topological polar surface area (TPSA) is 58.4 Å². The Labute approximate surface area is 118 Å². The van der Waals surface area contributed by atoms with Gasteiger partial charge in [0, 0.05) is 17.5 Å². The van der Waals surface area contributed by atoms with Gasteiger partial charge in [-0.05, 0) is 37.9 Å². The van der Waals surface area contributed by atoms with Crippen LogP contribution in [0.1, 0.15) is 53.6 Å². The first-order valence-corrected chi connectivity index (χ1v) is 7.90. The summed E-state index contributed by atoms with van der Waals surface area (Å²) in [6.45, 7) is 4.40. The van der Waals surface area contributed by atoms with Crippen LogP contribution in [0.4, 0.5) is 0 Å². The summed E-state index contributed by atoms with van der Waals surface area (Å²) in [6.07, 6.45) is 6.50. The normalized spacial score (nSPS) is 21.1. The fraction of sp³-hybridized carbons (Fsp3) is 0.643. The fourth-order valence-corrected chi connectivity index (χ4v) is 3.70. The van der Waals surface area contributed by atoms with Crippen molar-refractivity contribution in [2.75, 3.05) is 6.54 Å². The molecule has 0 spiro atoms. The summed E-state index contributed by atoms with van der Waals surface area (Å²) in [4.78, 5) is 16.0. The van der Waals surface area contributed by atoms with Gasteiger partial charge in [0.2, 0.25) is 0 Å². The van der Waals surface area contributed by atoms with Crippen LogP contribution in [-0.4, -0.2) is 23.4 Å². The van der Waals surface area contributed by atoms with Gasteiger partial charge in [0.05, 0.1) is 4.88 Å². The molecule has 0 saturated carbocycles. The van der Waals surface area contributed by atoms with E-state index < -0.39 is 0 Å². The first-order chi connectivity index (χ1) is 9.24. The number of hydrogen-bond donors (Lipinski definition) is 2. The number of hydrogen-bond acceptors (Lipinski definition) is 4. The molecule has 4 nitrogen and oxygen atoms in total. The quantitative estimate of drug-likeness (QED) is 0.506. The highest BCUT2D eigenvalue weighted by Gasteiger charge is 2.20. The highest BCUT2D eigenvalue weighted by atomic mass is 32.1. The standard InChI is InChI=1S/C14H23N3OS/c1-2-11-6-4-3-5-9-17(11)10-12-7-8-13(19-12)14(18)16-15/h7-8,11H,2-6,9-10,15H2,1H3,(H,16,18). The van der Waals surface area contributed by atoms with E-state index in [1.807, 2.05) is 12.1 Å². The van der Waals surface area contributed by atoms with Gasteiger partial charge in [0.1, 0.15) is 0 Å². The van der Waals surface area contributed by atoms with Gasteiger partial charge in [-0.1, -0.05) is 19.8 Å². The zero-order chi connectivity index (χ0) is 13.7. The third kappa shape index (κ3) is 3.78. The van der Waals surface area contributed by atoms with Crippen molar-refractivity contribution in [3.8, 4) is 0 Å².